The third kappa shape index (κ3) is 2.72. The van der Waals surface area contributed by atoms with Crippen LogP contribution in [0.5, 0.6) is 17.2 Å². The largest absolute Gasteiger partial charge is 0.493 e. The first-order valence-electron chi connectivity index (χ1n) is 8.55. The van der Waals surface area contributed by atoms with Gasteiger partial charge in [-0.2, -0.15) is 4.98 Å². The standard InChI is InChI=1S/C18H23N3O4/c1-22-13-8-11(9-14(23-2)15(13)24-3)16-20-17(25-21-16)12-10-18(12)4-6-19-7-5-18/h8-9,12,19H,4-7,10H2,1-3H3. The molecule has 134 valence electrons. The lowest BCUT2D eigenvalue weighted by Crippen LogP contribution is -2.29. The van der Waals surface area contributed by atoms with E-state index in [-0.39, 0.29) is 0 Å². The minimum absolute atomic E-state index is 0.365. The Bertz CT molecular complexity index is 742. The summed E-state index contributed by atoms with van der Waals surface area (Å²) < 4.78 is 21.7. The van der Waals surface area contributed by atoms with E-state index in [1.807, 2.05) is 12.1 Å². The molecule has 4 rings (SSSR count). The van der Waals surface area contributed by atoms with Crippen LogP contribution in [0, 0.1) is 5.41 Å². The van der Waals surface area contributed by atoms with Crippen LogP contribution in [-0.2, 0) is 0 Å². The van der Waals surface area contributed by atoms with E-state index in [9.17, 15) is 0 Å². The molecule has 7 nitrogen and oxygen atoms in total. The fourth-order valence-electron chi connectivity index (χ4n) is 3.88. The second kappa shape index (κ2) is 6.22. The van der Waals surface area contributed by atoms with Crippen LogP contribution in [0.15, 0.2) is 16.7 Å². The van der Waals surface area contributed by atoms with Crippen LogP contribution in [0.2, 0.25) is 0 Å². The van der Waals surface area contributed by atoms with Gasteiger partial charge in [-0.15, -0.1) is 0 Å². The average molecular weight is 345 g/mol. The van der Waals surface area contributed by atoms with E-state index in [2.05, 4.69) is 15.5 Å². The Morgan fingerprint density at radius 1 is 1.08 bits per heavy atom. The van der Waals surface area contributed by atoms with Gasteiger partial charge in [-0.1, -0.05) is 5.16 Å². The van der Waals surface area contributed by atoms with Gasteiger partial charge in [0, 0.05) is 11.5 Å². The monoisotopic (exact) mass is 345 g/mol. The van der Waals surface area contributed by atoms with Crippen LogP contribution in [0.4, 0.5) is 0 Å². The van der Waals surface area contributed by atoms with E-state index in [4.69, 9.17) is 18.7 Å². The molecule has 2 heterocycles. The van der Waals surface area contributed by atoms with Crippen LogP contribution < -0.4 is 19.5 Å². The molecular formula is C18H23N3O4. The van der Waals surface area contributed by atoms with E-state index in [1.54, 1.807) is 21.3 Å². The van der Waals surface area contributed by atoms with Crippen molar-refractivity contribution in [3.05, 3.63) is 18.0 Å². The zero-order chi connectivity index (χ0) is 17.4. The van der Waals surface area contributed by atoms with Gasteiger partial charge < -0.3 is 24.1 Å². The summed E-state index contributed by atoms with van der Waals surface area (Å²) in [5.41, 5.74) is 1.15. The quantitative estimate of drug-likeness (QED) is 0.892. The molecule has 0 bridgehead atoms. The van der Waals surface area contributed by atoms with Crippen molar-refractivity contribution in [3.63, 3.8) is 0 Å². The first-order chi connectivity index (χ1) is 12.2. The molecule has 1 saturated carbocycles. The van der Waals surface area contributed by atoms with Gasteiger partial charge in [0.05, 0.1) is 21.3 Å². The van der Waals surface area contributed by atoms with Gasteiger partial charge in [-0.3, -0.25) is 0 Å². The van der Waals surface area contributed by atoms with Crippen LogP contribution in [0.3, 0.4) is 0 Å². The molecule has 1 atom stereocenters. The highest BCUT2D eigenvalue weighted by Gasteiger charge is 2.57. The normalized spacial score (nSPS) is 21.2. The molecule has 0 radical (unpaired) electrons. The summed E-state index contributed by atoms with van der Waals surface area (Å²) in [5.74, 6) is 3.37. The maximum absolute atomic E-state index is 5.58. The first-order valence-corrected chi connectivity index (χ1v) is 8.55. The smallest absolute Gasteiger partial charge is 0.230 e. The van der Waals surface area contributed by atoms with Crippen molar-refractivity contribution >= 4 is 0 Å². The molecule has 1 aliphatic carbocycles. The molecule has 7 heteroatoms. The van der Waals surface area contributed by atoms with Gasteiger partial charge in [0.15, 0.2) is 11.5 Å². The number of ether oxygens (including phenoxy) is 3. The van der Waals surface area contributed by atoms with E-state index in [1.165, 1.54) is 12.8 Å². The average Bonchev–Trinajstić information content (AvgIpc) is 3.12. The number of methoxy groups -OCH3 is 3. The molecule has 1 unspecified atom stereocenters. The van der Waals surface area contributed by atoms with Crippen LogP contribution in [-0.4, -0.2) is 44.6 Å². The Morgan fingerprint density at radius 3 is 2.36 bits per heavy atom. The van der Waals surface area contributed by atoms with Crippen molar-refractivity contribution in [1.29, 1.82) is 0 Å². The van der Waals surface area contributed by atoms with E-state index in [0.29, 0.717) is 34.4 Å². The van der Waals surface area contributed by atoms with E-state index >= 15 is 0 Å². The predicted molar refractivity (Wildman–Crippen MR) is 91.3 cm³/mol. The number of aromatic nitrogens is 2. The highest BCUT2D eigenvalue weighted by molar-refractivity contribution is 5.66. The van der Waals surface area contributed by atoms with Crippen molar-refractivity contribution in [1.82, 2.24) is 15.5 Å². The third-order valence-electron chi connectivity index (χ3n) is 5.45. The van der Waals surface area contributed by atoms with Crippen molar-refractivity contribution in [3.8, 4) is 28.6 Å². The molecule has 1 N–H and O–H groups in total. The van der Waals surface area contributed by atoms with Crippen LogP contribution in [0.1, 0.15) is 31.1 Å². The minimum Gasteiger partial charge on any atom is -0.493 e. The molecule has 1 aromatic heterocycles. The second-order valence-corrected chi connectivity index (χ2v) is 6.74. The first kappa shape index (κ1) is 16.2. The zero-order valence-electron chi connectivity index (χ0n) is 14.8. The molecule has 2 aromatic rings. The number of hydrogen-bond acceptors (Lipinski definition) is 7. The molecule has 2 fully saturated rings. The lowest BCUT2D eigenvalue weighted by molar-refractivity contribution is 0.311. The maximum atomic E-state index is 5.58. The molecule has 1 saturated heterocycles. The van der Waals surface area contributed by atoms with Gasteiger partial charge in [0.1, 0.15) is 0 Å². The highest BCUT2D eigenvalue weighted by atomic mass is 16.5. The Balaban J connectivity index is 1.62. The third-order valence-corrected chi connectivity index (χ3v) is 5.45. The number of piperidine rings is 1. The fraction of sp³-hybridized carbons (Fsp3) is 0.556. The Morgan fingerprint density at radius 2 is 1.76 bits per heavy atom. The lowest BCUT2D eigenvalue weighted by Gasteiger charge is -2.22. The van der Waals surface area contributed by atoms with Gasteiger partial charge in [-0.25, -0.2) is 0 Å². The maximum Gasteiger partial charge on any atom is 0.230 e. The number of hydrogen-bond donors (Lipinski definition) is 1. The summed E-state index contributed by atoms with van der Waals surface area (Å²) in [6.45, 7) is 2.15. The van der Waals surface area contributed by atoms with Crippen molar-refractivity contribution in [2.24, 2.45) is 5.41 Å². The van der Waals surface area contributed by atoms with Crippen molar-refractivity contribution in [2.45, 2.75) is 25.2 Å². The van der Waals surface area contributed by atoms with Gasteiger partial charge >= 0.3 is 0 Å². The fourth-order valence-corrected chi connectivity index (χ4v) is 3.88. The van der Waals surface area contributed by atoms with Crippen LogP contribution >= 0.6 is 0 Å². The minimum atomic E-state index is 0.365. The SMILES string of the molecule is COc1cc(-c2noc(C3CC34CCNCC4)n2)cc(OC)c1OC. The van der Waals surface area contributed by atoms with Gasteiger partial charge in [-0.05, 0) is 49.9 Å². The molecule has 1 aliphatic heterocycles. The number of nitrogens with one attached hydrogen (secondary N) is 1. The predicted octanol–water partition coefficient (Wildman–Crippen LogP) is 2.62. The summed E-state index contributed by atoms with van der Waals surface area (Å²) in [7, 11) is 4.76. The van der Waals surface area contributed by atoms with Crippen LogP contribution in [0.25, 0.3) is 11.4 Å². The molecule has 25 heavy (non-hydrogen) atoms. The summed E-state index contributed by atoms with van der Waals surface area (Å²) in [4.78, 5) is 4.65. The summed E-state index contributed by atoms with van der Waals surface area (Å²) in [6, 6.07) is 3.67. The Hall–Kier alpha value is -2.28. The number of rotatable bonds is 5. The van der Waals surface area contributed by atoms with Crippen molar-refractivity contribution < 1.29 is 18.7 Å². The van der Waals surface area contributed by atoms with Crippen molar-refractivity contribution in [2.75, 3.05) is 34.4 Å². The summed E-state index contributed by atoms with van der Waals surface area (Å²) >= 11 is 0. The molecule has 0 amide bonds. The topological polar surface area (TPSA) is 78.6 Å². The Kier molecular flexibility index (Phi) is 4.03. The number of benzene rings is 1. The van der Waals surface area contributed by atoms with Gasteiger partial charge in [0.25, 0.3) is 0 Å². The zero-order valence-corrected chi connectivity index (χ0v) is 14.8. The molecule has 2 aliphatic rings. The number of nitrogens with zero attached hydrogens (tertiary/aromatic N) is 2. The van der Waals surface area contributed by atoms with Gasteiger partial charge in [0.2, 0.25) is 17.5 Å². The second-order valence-electron chi connectivity index (χ2n) is 6.74. The molecule has 1 aromatic carbocycles. The lowest BCUT2D eigenvalue weighted by atomic mass is 9.92. The summed E-state index contributed by atoms with van der Waals surface area (Å²) in [6.07, 6.45) is 3.50. The van der Waals surface area contributed by atoms with E-state index < -0.39 is 0 Å². The molecule has 1 spiro atoms. The molecular weight excluding hydrogens is 322 g/mol. The van der Waals surface area contributed by atoms with E-state index in [0.717, 1.165) is 31.0 Å². The highest BCUT2D eigenvalue weighted by Crippen LogP contribution is 2.64. The Labute approximate surface area is 146 Å². The summed E-state index contributed by atoms with van der Waals surface area (Å²) in [5, 5.41) is 7.59.